The van der Waals surface area contributed by atoms with Crippen LogP contribution in [0, 0.1) is 5.92 Å². The third-order valence-corrected chi connectivity index (χ3v) is 6.76. The van der Waals surface area contributed by atoms with Crippen molar-refractivity contribution in [3.8, 4) is 0 Å². The number of alkyl halides is 1. The Morgan fingerprint density at radius 1 is 1.31 bits per heavy atom. The van der Waals surface area contributed by atoms with E-state index >= 15 is 0 Å². The quantitative estimate of drug-likeness (QED) is 0.280. The molecule has 0 aromatic heterocycles. The molecular weight excluding hydrogens is 443 g/mol. The lowest BCUT2D eigenvalue weighted by Crippen LogP contribution is -3.00. The average Bonchev–Trinajstić information content (AvgIpc) is 2.99. The zero-order valence-corrected chi connectivity index (χ0v) is 19.6. The smallest absolute Gasteiger partial charge is 0.237 e. The van der Waals surface area contributed by atoms with Crippen molar-refractivity contribution < 1.29 is 42.7 Å². The molecule has 9 atom stereocenters. The zero-order valence-electron chi connectivity index (χ0n) is 17.3. The number of rotatable bonds is 7. The van der Waals surface area contributed by atoms with Gasteiger partial charge in [0.2, 0.25) is 5.91 Å². The van der Waals surface area contributed by atoms with E-state index in [-0.39, 0.29) is 29.8 Å². The highest BCUT2D eigenvalue weighted by atomic mass is 35.5. The first kappa shape index (κ1) is 29.2. The minimum Gasteiger partial charge on any atom is -1.00 e. The van der Waals surface area contributed by atoms with Crippen LogP contribution in [0.5, 0.6) is 0 Å². The molecule has 174 valence electrons. The van der Waals surface area contributed by atoms with Crippen molar-refractivity contribution in [3.05, 3.63) is 0 Å². The van der Waals surface area contributed by atoms with Crippen LogP contribution in [0.3, 0.4) is 0 Å². The Kier molecular flexibility index (Phi) is 13.0. The number of halogens is 2. The number of ether oxygens (including phenoxy) is 1. The van der Waals surface area contributed by atoms with Gasteiger partial charge in [-0.1, -0.05) is 13.3 Å². The van der Waals surface area contributed by atoms with Crippen LogP contribution in [0.2, 0.25) is 0 Å². The molecule has 9 unspecified atom stereocenters. The van der Waals surface area contributed by atoms with Gasteiger partial charge in [0, 0.05) is 6.54 Å². The molecule has 0 aromatic rings. The van der Waals surface area contributed by atoms with Crippen LogP contribution in [-0.2, 0) is 9.53 Å². The van der Waals surface area contributed by atoms with E-state index in [4.69, 9.17) is 16.3 Å². The normalized spacial score (nSPS) is 37.2. The zero-order chi connectivity index (χ0) is 20.3. The molecule has 2 fully saturated rings. The molecule has 2 aliphatic heterocycles. The van der Waals surface area contributed by atoms with Gasteiger partial charge in [0.05, 0.1) is 17.5 Å². The Morgan fingerprint density at radius 2 is 1.93 bits per heavy atom. The maximum atomic E-state index is 12.9. The fourth-order valence-electron chi connectivity index (χ4n) is 4.11. The van der Waals surface area contributed by atoms with Crippen molar-refractivity contribution in [2.45, 2.75) is 80.4 Å². The molecule has 2 aliphatic rings. The summed E-state index contributed by atoms with van der Waals surface area (Å²) in [5, 5.41) is 33.0. The largest absolute Gasteiger partial charge is 1.00 e. The van der Waals surface area contributed by atoms with Gasteiger partial charge in [-0.25, -0.2) is 0 Å². The van der Waals surface area contributed by atoms with E-state index in [0.717, 1.165) is 25.8 Å². The molecule has 6 N–H and O–H groups in total. The lowest BCUT2D eigenvalue weighted by Gasteiger charge is -2.44. The molecule has 0 aromatic carbocycles. The molecule has 0 saturated carbocycles. The fraction of sp³-hybridized carbons (Fsp3) is 0.944. The summed E-state index contributed by atoms with van der Waals surface area (Å²) in [6.07, 6.45) is -0.0980. The number of likely N-dealkylation sites (N-methyl/N-ethyl adjacent to an activating group) is 1. The topological polar surface area (TPSA) is 134 Å². The van der Waals surface area contributed by atoms with Gasteiger partial charge in [-0.15, -0.1) is 23.4 Å². The van der Waals surface area contributed by atoms with Crippen molar-refractivity contribution in [2.24, 2.45) is 5.92 Å². The second kappa shape index (κ2) is 12.9. The van der Waals surface area contributed by atoms with E-state index < -0.39 is 41.3 Å². The van der Waals surface area contributed by atoms with Gasteiger partial charge in [0.15, 0.2) is 0 Å². The van der Waals surface area contributed by atoms with E-state index in [1.165, 1.54) is 11.8 Å². The van der Waals surface area contributed by atoms with Crippen molar-refractivity contribution in [1.29, 1.82) is 0 Å². The first-order valence-corrected chi connectivity index (χ1v) is 11.3. The average molecular weight is 478 g/mol. The van der Waals surface area contributed by atoms with E-state index in [2.05, 4.69) is 12.2 Å². The molecule has 11 heteroatoms. The predicted octanol–water partition coefficient (Wildman–Crippen LogP) is -3.43. The molecule has 0 bridgehead atoms. The number of thioether (sulfide) groups is 1. The summed E-state index contributed by atoms with van der Waals surface area (Å²) in [6.45, 7) is 4.74. The van der Waals surface area contributed by atoms with Crippen LogP contribution in [-0.4, -0.2) is 98.8 Å². The highest BCUT2D eigenvalue weighted by Gasteiger charge is 2.48. The minimum absolute atomic E-state index is 0. The Morgan fingerprint density at radius 3 is 2.45 bits per heavy atom. The Hall–Kier alpha value is 0.160. The summed E-state index contributed by atoms with van der Waals surface area (Å²) in [5.41, 5.74) is -0.702. The van der Waals surface area contributed by atoms with E-state index in [0.29, 0.717) is 5.92 Å². The molecule has 8 nitrogen and oxygen atoms in total. The SMILES string of the molecule is CCCC1CC(C(=O)NC(C(C)Cl)C2OC(SC)C(O)C(O)C2O)N(C)C1.O.[Cl-]. The predicted molar refractivity (Wildman–Crippen MR) is 110 cm³/mol. The number of hydrogen-bond acceptors (Lipinski definition) is 7. The molecule has 0 spiro atoms. The van der Waals surface area contributed by atoms with Crippen molar-refractivity contribution >= 4 is 29.3 Å². The highest BCUT2D eigenvalue weighted by molar-refractivity contribution is 7.99. The van der Waals surface area contributed by atoms with E-state index in [1.807, 2.05) is 11.9 Å². The first-order chi connectivity index (χ1) is 12.7. The Balaban J connectivity index is 0.00000392. The number of hydrogen-bond donors (Lipinski definition) is 4. The monoisotopic (exact) mass is 477 g/mol. The molecule has 0 radical (unpaired) electrons. The number of carbonyl (C=O) groups excluding carboxylic acids is 1. The summed E-state index contributed by atoms with van der Waals surface area (Å²) in [5.74, 6) is 0.350. The number of likely N-dealkylation sites (tertiary alicyclic amines) is 1. The standard InChI is InChI=1S/C18H33ClN2O5S.ClH.H2O/c1-5-6-10-7-11(21(3)8-10)17(25)20-12(9(2)19)16-14(23)13(22)15(24)18(26-16)27-4;;/h9-16,18,22-24H,5-8H2,1-4H3,(H,20,25);1H;1H2/p-1. The van der Waals surface area contributed by atoms with Crippen LogP contribution in [0.25, 0.3) is 0 Å². The number of nitrogens with zero attached hydrogens (tertiary/aromatic N) is 1. The molecule has 2 heterocycles. The van der Waals surface area contributed by atoms with Gasteiger partial charge in [-0.3, -0.25) is 9.69 Å². The lowest BCUT2D eigenvalue weighted by atomic mass is 9.92. The van der Waals surface area contributed by atoms with Crippen molar-refractivity contribution in [1.82, 2.24) is 10.2 Å². The number of aliphatic hydroxyl groups is 3. The third kappa shape index (κ3) is 6.82. The fourth-order valence-corrected chi connectivity index (χ4v) is 5.00. The molecule has 2 saturated heterocycles. The molecular formula is C18H35Cl2N2O6S-. The van der Waals surface area contributed by atoms with Gasteiger partial charge >= 0.3 is 0 Å². The molecule has 2 rings (SSSR count). The van der Waals surface area contributed by atoms with Crippen LogP contribution < -0.4 is 17.7 Å². The summed E-state index contributed by atoms with van der Waals surface area (Å²) in [6, 6.07) is -0.934. The first-order valence-electron chi connectivity index (χ1n) is 9.58. The Bertz CT molecular complexity index is 505. The molecule has 29 heavy (non-hydrogen) atoms. The number of nitrogens with one attached hydrogen (secondary N) is 1. The van der Waals surface area contributed by atoms with Crippen LogP contribution in [0.15, 0.2) is 0 Å². The highest BCUT2D eigenvalue weighted by Crippen LogP contribution is 2.31. The Labute approximate surface area is 188 Å². The number of aliphatic hydroxyl groups excluding tert-OH is 3. The van der Waals surface area contributed by atoms with Gasteiger partial charge in [0.1, 0.15) is 29.9 Å². The maximum absolute atomic E-state index is 12.9. The van der Waals surface area contributed by atoms with Crippen molar-refractivity contribution in [2.75, 3.05) is 19.8 Å². The second-order valence-corrected chi connectivity index (χ2v) is 9.36. The third-order valence-electron chi connectivity index (χ3n) is 5.63. The summed E-state index contributed by atoms with van der Waals surface area (Å²) < 4.78 is 5.79. The maximum Gasteiger partial charge on any atom is 0.237 e. The summed E-state index contributed by atoms with van der Waals surface area (Å²) >= 11 is 7.55. The van der Waals surface area contributed by atoms with Gasteiger partial charge in [-0.2, -0.15) is 0 Å². The van der Waals surface area contributed by atoms with Gasteiger partial charge in [0.25, 0.3) is 0 Å². The van der Waals surface area contributed by atoms with Gasteiger partial charge < -0.3 is 43.3 Å². The number of carbonyl (C=O) groups is 1. The summed E-state index contributed by atoms with van der Waals surface area (Å²) in [7, 11) is 1.94. The number of amides is 1. The van der Waals surface area contributed by atoms with Crippen LogP contribution in [0.4, 0.5) is 0 Å². The second-order valence-electron chi connectivity index (χ2n) is 7.73. The van der Waals surface area contributed by atoms with E-state index in [9.17, 15) is 20.1 Å². The molecule has 0 aliphatic carbocycles. The van der Waals surface area contributed by atoms with Crippen LogP contribution in [0.1, 0.15) is 33.1 Å². The van der Waals surface area contributed by atoms with Crippen LogP contribution >= 0.6 is 23.4 Å². The lowest BCUT2D eigenvalue weighted by molar-refractivity contribution is -0.205. The molecule has 1 amide bonds. The minimum atomic E-state index is -1.36. The van der Waals surface area contributed by atoms with E-state index in [1.54, 1.807) is 13.2 Å². The summed E-state index contributed by atoms with van der Waals surface area (Å²) in [4.78, 5) is 14.9. The van der Waals surface area contributed by atoms with Gasteiger partial charge in [-0.05, 0) is 39.0 Å². The van der Waals surface area contributed by atoms with Crippen molar-refractivity contribution in [3.63, 3.8) is 0 Å².